The molecule has 17 aromatic rings. The monoisotopic (exact) mass is 1110 g/mol. The molecule has 404 valence electrons. The summed E-state index contributed by atoms with van der Waals surface area (Å²) < 4.78 is 135. The molecule has 0 bridgehead atoms. The predicted molar refractivity (Wildman–Crippen MR) is 351 cm³/mol. The van der Waals surface area contributed by atoms with Gasteiger partial charge in [0.05, 0.1) is 91.4 Å². The van der Waals surface area contributed by atoms with E-state index in [2.05, 4.69) is 65.8 Å². The Hall–Kier alpha value is -10.8. The maximum absolute atomic E-state index is 13.1. The highest BCUT2D eigenvalue weighted by Gasteiger charge is 2.37. The number of rotatable bonds is 4. The van der Waals surface area contributed by atoms with Crippen LogP contribution in [-0.4, -0.2) is 18.3 Å². The van der Waals surface area contributed by atoms with Crippen LogP contribution in [0.15, 0.2) is 209 Å². The van der Waals surface area contributed by atoms with Crippen LogP contribution in [0.3, 0.4) is 0 Å². The fourth-order valence-corrected chi connectivity index (χ4v) is 13.6. The number of furan rings is 2. The van der Waals surface area contributed by atoms with Crippen LogP contribution in [0.4, 0.5) is 5.69 Å². The van der Waals surface area contributed by atoms with Crippen LogP contribution in [0.25, 0.3) is 159 Å². The molecule has 0 atom stereocenters. The zero-order valence-corrected chi connectivity index (χ0v) is 46.9. The third kappa shape index (κ3) is 6.54. The summed E-state index contributed by atoms with van der Waals surface area (Å²) in [5, 5.41) is 18.3. The number of hydrogen-bond donors (Lipinski definition) is 0. The lowest BCUT2D eigenvalue weighted by molar-refractivity contribution is 0.591. The van der Waals surface area contributed by atoms with Crippen LogP contribution in [-0.2, 0) is 10.8 Å². The number of para-hydroxylation sites is 6. The van der Waals surface area contributed by atoms with Gasteiger partial charge in [-0.2, -0.15) is 5.26 Å². The molecule has 85 heavy (non-hydrogen) atoms. The van der Waals surface area contributed by atoms with Crippen molar-refractivity contribution < 1.29 is 25.3 Å². The molecule has 0 aliphatic rings. The van der Waals surface area contributed by atoms with Gasteiger partial charge in [0.2, 0.25) is 5.69 Å². The van der Waals surface area contributed by atoms with Gasteiger partial charge in [0.1, 0.15) is 17.2 Å². The highest BCUT2D eigenvalue weighted by Crippen LogP contribution is 2.54. The maximum atomic E-state index is 13.1. The quantitative estimate of drug-likeness (QED) is 0.165. The van der Waals surface area contributed by atoms with E-state index in [1.807, 2.05) is 141 Å². The molecule has 8 heteroatoms. The standard InChI is InChI=1S/C77H54N6O2/c1-43-33-37-62-53(39-43)50-35-36-51-49-25-13-19-31-64(49)84-74(51)70(50)83(62)73-69(80-58-27-15-9-21-45(58)46-22-10-16-28-59(46)80)56(42-78)68(67(79-8)72(73)81-60-29-17-11-23-47(60)48-24-12-18-30-61(48)81)82-63-38-34-44(76(2,3)4)40-54(63)55-41-57(77(5,6)7)66-52-26-14-20-32-65(52)85-75(66)71(55)82/h9-41H,1-7H3/i1D3,13D,19D,25D,31D,33D,35D,36D,37D,39D. The average Bonchev–Trinajstić information content (AvgIpc) is 1.54. The molecule has 6 heterocycles. The average molecular weight is 1110 g/mol. The van der Waals surface area contributed by atoms with Gasteiger partial charge in [-0.15, -0.1) is 0 Å². The fourth-order valence-electron chi connectivity index (χ4n) is 13.6. The summed E-state index contributed by atoms with van der Waals surface area (Å²) in [5.41, 5.74) is 3.56. The van der Waals surface area contributed by atoms with Crippen LogP contribution in [0, 0.1) is 24.8 Å². The van der Waals surface area contributed by atoms with Gasteiger partial charge < -0.3 is 27.1 Å². The van der Waals surface area contributed by atoms with Crippen molar-refractivity contribution in [2.75, 3.05) is 0 Å². The summed E-state index contributed by atoms with van der Waals surface area (Å²) in [5.74, 6) is 0. The third-order valence-corrected chi connectivity index (χ3v) is 17.3. The van der Waals surface area contributed by atoms with Crippen molar-refractivity contribution in [3.05, 3.63) is 234 Å². The topological polar surface area (TPSA) is 74.2 Å². The molecule has 0 aliphatic carbocycles. The van der Waals surface area contributed by atoms with Gasteiger partial charge in [-0.1, -0.05) is 174 Å². The Morgan fingerprint density at radius 2 is 1.04 bits per heavy atom. The lowest BCUT2D eigenvalue weighted by Gasteiger charge is -2.27. The van der Waals surface area contributed by atoms with Crippen molar-refractivity contribution in [3.63, 3.8) is 0 Å². The van der Waals surface area contributed by atoms with Gasteiger partial charge in [-0.3, -0.25) is 0 Å². The first-order valence-electron chi connectivity index (χ1n) is 34.1. The predicted octanol–water partition coefficient (Wildman–Crippen LogP) is 21.2. The van der Waals surface area contributed by atoms with Crippen LogP contribution in [0.1, 0.15) is 80.2 Å². The largest absolute Gasteiger partial charge is 0.454 e. The van der Waals surface area contributed by atoms with Crippen LogP contribution in [0.5, 0.6) is 0 Å². The number of hydrogen-bond acceptors (Lipinski definition) is 3. The summed E-state index contributed by atoms with van der Waals surface area (Å²) in [6, 6.07) is 43.5. The molecule has 8 nitrogen and oxygen atoms in total. The minimum Gasteiger partial charge on any atom is -0.454 e. The molecule has 0 N–H and O–H groups in total. The van der Waals surface area contributed by atoms with Crippen LogP contribution >= 0.6 is 0 Å². The zero-order valence-electron chi connectivity index (χ0n) is 58.9. The summed E-state index contributed by atoms with van der Waals surface area (Å²) in [6.45, 7) is 19.9. The normalized spacial score (nSPS) is 14.8. The molecule has 0 unspecified atom stereocenters. The number of nitriles is 1. The fraction of sp³-hybridized carbons (Fsp3) is 0.117. The van der Waals surface area contributed by atoms with Gasteiger partial charge in [0.25, 0.3) is 0 Å². The maximum Gasteiger partial charge on any atom is 0.237 e. The number of nitrogens with zero attached hydrogens (tertiary/aromatic N) is 6. The molecule has 0 amide bonds. The third-order valence-electron chi connectivity index (χ3n) is 17.3. The molecule has 11 aromatic carbocycles. The van der Waals surface area contributed by atoms with Crippen molar-refractivity contribution in [3.8, 4) is 28.8 Å². The summed E-state index contributed by atoms with van der Waals surface area (Å²) in [4.78, 5) is 4.73. The van der Waals surface area contributed by atoms with Crippen molar-refractivity contribution in [1.82, 2.24) is 18.3 Å². The molecular formula is C77H54N6O2. The minimum atomic E-state index is -3.19. The molecule has 0 saturated heterocycles. The van der Waals surface area contributed by atoms with Crippen molar-refractivity contribution in [2.45, 2.75) is 59.2 Å². The molecule has 0 fully saturated rings. The van der Waals surface area contributed by atoms with E-state index >= 15 is 0 Å². The molecule has 6 aromatic heterocycles. The van der Waals surface area contributed by atoms with Gasteiger partial charge in [-0.05, 0) is 102 Å². The Labute approximate surface area is 505 Å². The highest BCUT2D eigenvalue weighted by molar-refractivity contribution is 6.26. The second kappa shape index (κ2) is 17.1. The molecule has 0 saturated carbocycles. The van der Waals surface area contributed by atoms with E-state index in [0.717, 1.165) is 54.2 Å². The first kappa shape index (κ1) is 38.1. The summed E-state index contributed by atoms with van der Waals surface area (Å²) in [7, 11) is 0. The first-order chi connectivity index (χ1) is 46.3. The number of fused-ring (bicyclic) bond motifs is 20. The minimum absolute atomic E-state index is 0.0589. The van der Waals surface area contributed by atoms with E-state index in [0.29, 0.717) is 44.3 Å². The van der Waals surface area contributed by atoms with E-state index in [9.17, 15) is 21.4 Å². The number of benzene rings is 11. The molecule has 0 aliphatic heterocycles. The smallest absolute Gasteiger partial charge is 0.237 e. The molecule has 0 spiro atoms. The van der Waals surface area contributed by atoms with Crippen molar-refractivity contribution >= 4 is 137 Å². The Morgan fingerprint density at radius 1 is 0.471 bits per heavy atom. The first-order valence-corrected chi connectivity index (χ1v) is 28.1. The van der Waals surface area contributed by atoms with Gasteiger partial charge in [0, 0.05) is 68.7 Å². The van der Waals surface area contributed by atoms with Crippen LogP contribution < -0.4 is 0 Å². The zero-order chi connectivity index (χ0) is 67.9. The lowest BCUT2D eigenvalue weighted by Crippen LogP contribution is -2.15. The van der Waals surface area contributed by atoms with E-state index in [-0.39, 0.29) is 83.2 Å². The van der Waals surface area contributed by atoms with E-state index in [1.54, 1.807) is 0 Å². The highest BCUT2D eigenvalue weighted by atomic mass is 16.3. The van der Waals surface area contributed by atoms with Crippen molar-refractivity contribution in [2.24, 2.45) is 0 Å². The second-order valence-electron chi connectivity index (χ2n) is 24.1. The van der Waals surface area contributed by atoms with Crippen molar-refractivity contribution in [1.29, 1.82) is 5.26 Å². The Bertz CT molecular complexity index is 6340. The Kier molecular flexibility index (Phi) is 7.68. The second-order valence-corrected chi connectivity index (χ2v) is 24.1. The Morgan fingerprint density at radius 3 is 1.66 bits per heavy atom. The molecular weight excluding hydrogens is 1040 g/mol. The summed E-state index contributed by atoms with van der Waals surface area (Å²) >= 11 is 0. The van der Waals surface area contributed by atoms with Gasteiger partial charge in [-0.25, -0.2) is 4.85 Å². The number of aromatic nitrogens is 4. The molecule has 17 rings (SSSR count). The van der Waals surface area contributed by atoms with Crippen LogP contribution in [0.2, 0.25) is 0 Å². The van der Waals surface area contributed by atoms with Gasteiger partial charge >= 0.3 is 0 Å². The SMILES string of the molecule is [2H]c1c([2H])c([2H])c2c(oc3c2c([2H])c([2H])c2c4c([2H])c(C([2H])([2H])[2H])c([2H])c([2H])c4n(-c4c(-n5c6ccccc6c6ccccc65)c(C#N)c(-n5c6ccc(C(C)(C)C)cc6c6cc(C(C)(C)C)c7c8ccccc8oc7c65)c([N+]#[C-])c4-n4c5ccccc5c5ccccc54)c32)c1[2H]. The van der Waals surface area contributed by atoms with E-state index in [1.165, 1.54) is 4.57 Å². The summed E-state index contributed by atoms with van der Waals surface area (Å²) in [6.07, 6.45) is 0. The Balaban J connectivity index is 1.25. The van der Waals surface area contributed by atoms with E-state index < -0.39 is 72.2 Å². The van der Waals surface area contributed by atoms with Gasteiger partial charge in [0.15, 0.2) is 11.2 Å². The van der Waals surface area contributed by atoms with E-state index in [4.69, 9.17) is 20.5 Å². The molecule has 0 radical (unpaired) electrons. The lowest BCUT2D eigenvalue weighted by atomic mass is 9.82.